The Bertz CT molecular complexity index is 418. The molecule has 1 aliphatic heterocycles. The van der Waals surface area contributed by atoms with E-state index in [4.69, 9.17) is 4.74 Å². The summed E-state index contributed by atoms with van der Waals surface area (Å²) in [7, 11) is 1.63. The molecule has 4 heteroatoms. The maximum atomic E-state index is 12.0. The molecule has 1 aliphatic rings. The molecule has 1 atom stereocenters. The number of ether oxygens (including phenoxy) is 1. The van der Waals surface area contributed by atoms with Crippen LogP contribution in [0.5, 0.6) is 5.75 Å². The lowest BCUT2D eigenvalue weighted by Gasteiger charge is -2.18. The zero-order valence-electron chi connectivity index (χ0n) is 10.2. The molecule has 92 valence electrons. The molecule has 17 heavy (non-hydrogen) atoms. The van der Waals surface area contributed by atoms with Gasteiger partial charge in [0.25, 0.3) is 0 Å². The maximum Gasteiger partial charge on any atom is 0.241 e. The Kier molecular flexibility index (Phi) is 3.64. The highest BCUT2D eigenvalue weighted by Gasteiger charge is 2.24. The van der Waals surface area contributed by atoms with Crippen LogP contribution in [0, 0.1) is 6.92 Å². The molecule has 1 unspecified atom stereocenters. The van der Waals surface area contributed by atoms with Gasteiger partial charge < -0.3 is 15.4 Å². The number of methoxy groups -OCH3 is 1. The first kappa shape index (κ1) is 11.9. The van der Waals surface area contributed by atoms with Gasteiger partial charge in [0.1, 0.15) is 11.8 Å². The highest BCUT2D eigenvalue weighted by molar-refractivity contribution is 5.84. The fraction of sp³-hybridized carbons (Fsp3) is 0.462. The van der Waals surface area contributed by atoms with Gasteiger partial charge in [-0.3, -0.25) is 4.79 Å². The Hall–Kier alpha value is -1.55. The number of rotatable bonds is 2. The minimum atomic E-state index is -0.313. The summed E-state index contributed by atoms with van der Waals surface area (Å²) >= 11 is 0. The first-order chi connectivity index (χ1) is 8.22. The topological polar surface area (TPSA) is 50.4 Å². The van der Waals surface area contributed by atoms with Crippen LogP contribution >= 0.6 is 0 Å². The average Bonchev–Trinajstić information content (AvgIpc) is 2.54. The highest BCUT2D eigenvalue weighted by atomic mass is 16.5. The third-order valence-electron chi connectivity index (χ3n) is 2.96. The largest absolute Gasteiger partial charge is 0.496 e. The SMILES string of the molecule is COc1ccc(C)cc1C1NCCCNC1=O. The Balaban J connectivity index is 2.36. The maximum absolute atomic E-state index is 12.0. The summed E-state index contributed by atoms with van der Waals surface area (Å²) in [6, 6.07) is 5.58. The Labute approximate surface area is 101 Å². The lowest BCUT2D eigenvalue weighted by Crippen LogP contribution is -2.34. The minimum absolute atomic E-state index is 0.0198. The highest BCUT2D eigenvalue weighted by Crippen LogP contribution is 2.27. The number of aryl methyl sites for hydroxylation is 1. The van der Waals surface area contributed by atoms with Crippen molar-refractivity contribution in [3.8, 4) is 5.75 Å². The fourth-order valence-corrected chi connectivity index (χ4v) is 2.07. The van der Waals surface area contributed by atoms with E-state index in [1.807, 2.05) is 25.1 Å². The van der Waals surface area contributed by atoms with Crippen molar-refractivity contribution in [3.05, 3.63) is 29.3 Å². The lowest BCUT2D eigenvalue weighted by molar-refractivity contribution is -0.122. The lowest BCUT2D eigenvalue weighted by atomic mass is 10.0. The first-order valence-corrected chi connectivity index (χ1v) is 5.88. The molecule has 2 rings (SSSR count). The van der Waals surface area contributed by atoms with Crippen molar-refractivity contribution in [1.29, 1.82) is 0 Å². The number of carbonyl (C=O) groups is 1. The van der Waals surface area contributed by atoms with E-state index in [1.165, 1.54) is 0 Å². The molecular weight excluding hydrogens is 216 g/mol. The van der Waals surface area contributed by atoms with Crippen LogP contribution in [0.2, 0.25) is 0 Å². The smallest absolute Gasteiger partial charge is 0.241 e. The standard InChI is InChI=1S/C13H18N2O2/c1-9-4-5-11(17-2)10(8-9)12-13(16)15-7-3-6-14-12/h4-5,8,12,14H,3,6-7H2,1-2H3,(H,15,16). The average molecular weight is 234 g/mol. The van der Waals surface area contributed by atoms with Crippen LogP contribution in [0.25, 0.3) is 0 Å². The van der Waals surface area contributed by atoms with Gasteiger partial charge in [0, 0.05) is 12.1 Å². The molecule has 0 bridgehead atoms. The number of carbonyl (C=O) groups excluding carboxylic acids is 1. The molecular formula is C13H18N2O2. The van der Waals surface area contributed by atoms with E-state index in [0.29, 0.717) is 0 Å². The second-order valence-corrected chi connectivity index (χ2v) is 4.28. The first-order valence-electron chi connectivity index (χ1n) is 5.88. The summed E-state index contributed by atoms with van der Waals surface area (Å²) in [6.45, 7) is 3.58. The normalized spacial score (nSPS) is 20.6. The zero-order chi connectivity index (χ0) is 12.3. The van der Waals surface area contributed by atoms with Gasteiger partial charge >= 0.3 is 0 Å². The number of hydrogen-bond acceptors (Lipinski definition) is 3. The van der Waals surface area contributed by atoms with E-state index < -0.39 is 0 Å². The molecule has 0 aliphatic carbocycles. The number of nitrogens with one attached hydrogen (secondary N) is 2. The van der Waals surface area contributed by atoms with Crippen LogP contribution < -0.4 is 15.4 Å². The number of hydrogen-bond donors (Lipinski definition) is 2. The van der Waals surface area contributed by atoms with Gasteiger partial charge in [0.2, 0.25) is 5.91 Å². The van der Waals surface area contributed by atoms with Crippen molar-refractivity contribution in [2.75, 3.05) is 20.2 Å². The summed E-state index contributed by atoms with van der Waals surface area (Å²) in [5.41, 5.74) is 2.03. The Morgan fingerprint density at radius 3 is 2.94 bits per heavy atom. The predicted molar refractivity (Wildman–Crippen MR) is 66.1 cm³/mol. The zero-order valence-corrected chi connectivity index (χ0v) is 10.2. The van der Waals surface area contributed by atoms with E-state index in [-0.39, 0.29) is 11.9 Å². The van der Waals surface area contributed by atoms with Gasteiger partial charge in [-0.25, -0.2) is 0 Å². The quantitative estimate of drug-likeness (QED) is 0.807. The second-order valence-electron chi connectivity index (χ2n) is 4.28. The third-order valence-corrected chi connectivity index (χ3v) is 2.96. The van der Waals surface area contributed by atoms with Crippen molar-refractivity contribution in [3.63, 3.8) is 0 Å². The van der Waals surface area contributed by atoms with Crippen molar-refractivity contribution in [1.82, 2.24) is 10.6 Å². The molecule has 0 radical (unpaired) electrons. The molecule has 1 amide bonds. The molecule has 0 aromatic heterocycles. The molecule has 0 saturated carbocycles. The summed E-state index contributed by atoms with van der Waals surface area (Å²) < 4.78 is 5.32. The third kappa shape index (κ3) is 2.58. The van der Waals surface area contributed by atoms with Crippen LogP contribution in [-0.2, 0) is 4.79 Å². The van der Waals surface area contributed by atoms with Crippen LogP contribution in [-0.4, -0.2) is 26.1 Å². The van der Waals surface area contributed by atoms with Gasteiger partial charge in [-0.2, -0.15) is 0 Å². The number of amides is 1. The molecule has 0 spiro atoms. The molecule has 1 saturated heterocycles. The molecule has 1 fully saturated rings. The summed E-state index contributed by atoms with van der Waals surface area (Å²) in [6.07, 6.45) is 0.955. The van der Waals surface area contributed by atoms with Crippen LogP contribution in [0.15, 0.2) is 18.2 Å². The van der Waals surface area contributed by atoms with E-state index >= 15 is 0 Å². The summed E-state index contributed by atoms with van der Waals surface area (Å²) in [5.74, 6) is 0.775. The van der Waals surface area contributed by atoms with Gasteiger partial charge in [-0.1, -0.05) is 17.7 Å². The van der Waals surface area contributed by atoms with Crippen LogP contribution in [0.1, 0.15) is 23.6 Å². The molecule has 2 N–H and O–H groups in total. The fourth-order valence-electron chi connectivity index (χ4n) is 2.07. The van der Waals surface area contributed by atoms with Crippen molar-refractivity contribution in [2.45, 2.75) is 19.4 Å². The Morgan fingerprint density at radius 2 is 2.18 bits per heavy atom. The van der Waals surface area contributed by atoms with E-state index in [2.05, 4.69) is 10.6 Å². The van der Waals surface area contributed by atoms with Gasteiger partial charge in [0.05, 0.1) is 7.11 Å². The predicted octanol–water partition coefficient (Wildman–Crippen LogP) is 1.15. The molecule has 1 aromatic carbocycles. The van der Waals surface area contributed by atoms with Gasteiger partial charge in [-0.05, 0) is 26.0 Å². The van der Waals surface area contributed by atoms with Crippen molar-refractivity contribution >= 4 is 5.91 Å². The monoisotopic (exact) mass is 234 g/mol. The second kappa shape index (κ2) is 5.19. The minimum Gasteiger partial charge on any atom is -0.496 e. The molecule has 4 nitrogen and oxygen atoms in total. The van der Waals surface area contributed by atoms with Crippen LogP contribution in [0.3, 0.4) is 0 Å². The Morgan fingerprint density at radius 1 is 1.35 bits per heavy atom. The van der Waals surface area contributed by atoms with Gasteiger partial charge in [0.15, 0.2) is 0 Å². The van der Waals surface area contributed by atoms with Gasteiger partial charge in [-0.15, -0.1) is 0 Å². The van der Waals surface area contributed by atoms with E-state index in [0.717, 1.165) is 36.4 Å². The summed E-state index contributed by atoms with van der Waals surface area (Å²) in [4.78, 5) is 12.0. The van der Waals surface area contributed by atoms with Crippen molar-refractivity contribution < 1.29 is 9.53 Å². The molecule has 1 aromatic rings. The number of benzene rings is 1. The molecule has 1 heterocycles. The van der Waals surface area contributed by atoms with Crippen LogP contribution in [0.4, 0.5) is 0 Å². The van der Waals surface area contributed by atoms with Crippen molar-refractivity contribution in [2.24, 2.45) is 0 Å². The van der Waals surface area contributed by atoms with E-state index in [1.54, 1.807) is 7.11 Å². The summed E-state index contributed by atoms with van der Waals surface area (Å²) in [5, 5.41) is 6.16. The van der Waals surface area contributed by atoms with E-state index in [9.17, 15) is 4.79 Å².